The average molecular weight is 412 g/mol. The molecule has 1 amide bonds. The molecule has 1 saturated heterocycles. The first kappa shape index (κ1) is 20.1. The predicted molar refractivity (Wildman–Crippen MR) is 115 cm³/mol. The molecule has 2 heterocycles. The first-order chi connectivity index (χ1) is 14.0. The Hall–Kier alpha value is -2.21. The van der Waals surface area contributed by atoms with Crippen LogP contribution in [0.3, 0.4) is 0 Å². The molecule has 29 heavy (non-hydrogen) atoms. The molecule has 2 aliphatic heterocycles. The first-order valence-corrected chi connectivity index (χ1v) is 10.4. The zero-order valence-electron chi connectivity index (χ0n) is 16.9. The summed E-state index contributed by atoms with van der Waals surface area (Å²) in [5.74, 6) is 0.0192. The number of nitrogens with zero attached hydrogens (tertiary/aromatic N) is 3. The number of amides is 1. The molecule has 0 bridgehead atoms. The van der Waals surface area contributed by atoms with Crippen LogP contribution >= 0.6 is 11.6 Å². The van der Waals surface area contributed by atoms with Gasteiger partial charge >= 0.3 is 0 Å². The Bertz CT molecular complexity index is 920. The summed E-state index contributed by atoms with van der Waals surface area (Å²) < 4.78 is 5.40. The minimum Gasteiger partial charge on any atom is -0.379 e. The van der Waals surface area contributed by atoms with Gasteiger partial charge in [0.1, 0.15) is 0 Å². The summed E-state index contributed by atoms with van der Waals surface area (Å²) in [6.07, 6.45) is 0.693. The largest absolute Gasteiger partial charge is 0.379 e. The Morgan fingerprint density at radius 1 is 1.10 bits per heavy atom. The highest BCUT2D eigenvalue weighted by atomic mass is 35.5. The Balaban J connectivity index is 1.61. The van der Waals surface area contributed by atoms with E-state index in [4.69, 9.17) is 21.4 Å². The van der Waals surface area contributed by atoms with E-state index < -0.39 is 0 Å². The van der Waals surface area contributed by atoms with Crippen molar-refractivity contribution >= 4 is 23.2 Å². The maximum absolute atomic E-state index is 13.2. The van der Waals surface area contributed by atoms with Gasteiger partial charge in [0.25, 0.3) is 5.91 Å². The van der Waals surface area contributed by atoms with Gasteiger partial charge < -0.3 is 4.74 Å². The molecular weight excluding hydrogens is 386 g/mol. The topological polar surface area (TPSA) is 45.1 Å². The molecule has 2 aromatic rings. The highest BCUT2D eigenvalue weighted by Gasteiger charge is 2.34. The van der Waals surface area contributed by atoms with Gasteiger partial charge in [-0.25, -0.2) is 5.01 Å². The summed E-state index contributed by atoms with van der Waals surface area (Å²) in [4.78, 5) is 15.3. The second-order valence-electron chi connectivity index (χ2n) is 7.74. The standard InChI is InChI=1S/C23H26ClN3O2/c1-16-3-4-19(13-17(16)2)21-14-22(18-5-7-20(24)8-6-18)27(25-21)23(28)15-26-9-11-29-12-10-26/h3-8,13,22H,9-12,14-15H2,1-2H3. The third-order valence-electron chi connectivity index (χ3n) is 5.72. The van der Waals surface area contributed by atoms with Crippen LogP contribution in [-0.4, -0.2) is 54.4 Å². The van der Waals surface area contributed by atoms with Crippen molar-refractivity contribution in [2.45, 2.75) is 26.3 Å². The lowest BCUT2D eigenvalue weighted by molar-refractivity contribution is -0.135. The Kier molecular flexibility index (Phi) is 5.99. The lowest BCUT2D eigenvalue weighted by atomic mass is 9.96. The predicted octanol–water partition coefficient (Wildman–Crippen LogP) is 3.97. The van der Waals surface area contributed by atoms with E-state index in [2.05, 4.69) is 36.9 Å². The van der Waals surface area contributed by atoms with Crippen LogP contribution in [0.4, 0.5) is 0 Å². The Morgan fingerprint density at radius 2 is 1.83 bits per heavy atom. The molecule has 0 aliphatic carbocycles. The quantitative estimate of drug-likeness (QED) is 0.764. The third kappa shape index (κ3) is 4.53. The minimum atomic E-state index is -0.114. The van der Waals surface area contributed by atoms with Crippen molar-refractivity contribution in [1.29, 1.82) is 0 Å². The Labute approximate surface area is 176 Å². The summed E-state index contributed by atoms with van der Waals surface area (Å²) in [6, 6.07) is 14.0. The molecule has 1 fully saturated rings. The molecule has 0 aromatic heterocycles. The van der Waals surface area contributed by atoms with E-state index in [0.717, 1.165) is 29.9 Å². The van der Waals surface area contributed by atoms with E-state index in [-0.39, 0.29) is 11.9 Å². The fourth-order valence-electron chi connectivity index (χ4n) is 3.80. The zero-order valence-corrected chi connectivity index (χ0v) is 17.7. The summed E-state index contributed by atoms with van der Waals surface area (Å²) in [7, 11) is 0. The van der Waals surface area contributed by atoms with Crippen LogP contribution in [0.2, 0.25) is 5.02 Å². The van der Waals surface area contributed by atoms with E-state index >= 15 is 0 Å². The van der Waals surface area contributed by atoms with Gasteiger partial charge in [-0.1, -0.05) is 35.9 Å². The zero-order chi connectivity index (χ0) is 20.4. The van der Waals surface area contributed by atoms with Gasteiger partial charge in [-0.05, 0) is 54.3 Å². The number of carbonyl (C=O) groups is 1. The molecule has 152 valence electrons. The van der Waals surface area contributed by atoms with Crippen molar-refractivity contribution in [3.8, 4) is 0 Å². The van der Waals surface area contributed by atoms with Crippen LogP contribution < -0.4 is 0 Å². The monoisotopic (exact) mass is 411 g/mol. The third-order valence-corrected chi connectivity index (χ3v) is 5.98. The van der Waals surface area contributed by atoms with Gasteiger partial charge in [0.2, 0.25) is 0 Å². The molecule has 0 radical (unpaired) electrons. The molecule has 2 aromatic carbocycles. The molecule has 6 heteroatoms. The van der Waals surface area contributed by atoms with Gasteiger partial charge in [0, 0.05) is 24.5 Å². The first-order valence-electron chi connectivity index (χ1n) is 10.0. The van der Waals surface area contributed by atoms with Crippen LogP contribution in [0.25, 0.3) is 0 Å². The van der Waals surface area contributed by atoms with Gasteiger partial charge in [0.05, 0.1) is 31.5 Å². The lowest BCUT2D eigenvalue weighted by Crippen LogP contribution is -2.43. The molecule has 1 atom stereocenters. The molecule has 5 nitrogen and oxygen atoms in total. The molecule has 1 unspecified atom stereocenters. The number of halogens is 1. The molecule has 2 aliphatic rings. The highest BCUT2D eigenvalue weighted by Crippen LogP contribution is 2.33. The van der Waals surface area contributed by atoms with Crippen molar-refractivity contribution in [2.24, 2.45) is 5.10 Å². The number of benzene rings is 2. The average Bonchev–Trinajstić information content (AvgIpc) is 3.17. The van der Waals surface area contributed by atoms with E-state index in [1.165, 1.54) is 11.1 Å². The van der Waals surface area contributed by atoms with Crippen LogP contribution in [0.5, 0.6) is 0 Å². The van der Waals surface area contributed by atoms with Gasteiger partial charge in [-0.15, -0.1) is 0 Å². The SMILES string of the molecule is Cc1ccc(C2=NN(C(=O)CN3CCOCC3)C(c3ccc(Cl)cc3)C2)cc1C. The fourth-order valence-corrected chi connectivity index (χ4v) is 3.93. The maximum Gasteiger partial charge on any atom is 0.257 e. The van der Waals surface area contributed by atoms with E-state index in [9.17, 15) is 4.79 Å². The molecule has 4 rings (SSSR count). The van der Waals surface area contributed by atoms with Crippen molar-refractivity contribution in [3.05, 3.63) is 69.7 Å². The van der Waals surface area contributed by atoms with E-state index in [1.54, 1.807) is 5.01 Å². The van der Waals surface area contributed by atoms with Crippen LogP contribution in [0, 0.1) is 13.8 Å². The van der Waals surface area contributed by atoms with Crippen molar-refractivity contribution in [1.82, 2.24) is 9.91 Å². The fraction of sp³-hybridized carbons (Fsp3) is 0.391. The van der Waals surface area contributed by atoms with E-state index in [0.29, 0.717) is 31.2 Å². The minimum absolute atomic E-state index is 0.0192. The van der Waals surface area contributed by atoms with Gasteiger partial charge in [-0.3, -0.25) is 9.69 Å². The Morgan fingerprint density at radius 3 is 2.52 bits per heavy atom. The summed E-state index contributed by atoms with van der Waals surface area (Å²) >= 11 is 6.08. The lowest BCUT2D eigenvalue weighted by Gasteiger charge is -2.29. The van der Waals surface area contributed by atoms with Crippen LogP contribution in [-0.2, 0) is 9.53 Å². The van der Waals surface area contributed by atoms with Gasteiger partial charge in [-0.2, -0.15) is 5.10 Å². The second-order valence-corrected chi connectivity index (χ2v) is 8.18. The molecule has 0 saturated carbocycles. The van der Waals surface area contributed by atoms with Crippen LogP contribution in [0.1, 0.15) is 34.7 Å². The number of carbonyl (C=O) groups excluding carboxylic acids is 1. The normalized spacial score (nSPS) is 20.0. The molecular formula is C23H26ClN3O2. The van der Waals surface area contributed by atoms with Crippen molar-refractivity contribution < 1.29 is 9.53 Å². The van der Waals surface area contributed by atoms with Crippen molar-refractivity contribution in [2.75, 3.05) is 32.8 Å². The molecule has 0 N–H and O–H groups in total. The maximum atomic E-state index is 13.2. The number of aryl methyl sites for hydroxylation is 2. The summed E-state index contributed by atoms with van der Waals surface area (Å²) in [6.45, 7) is 7.46. The number of morpholine rings is 1. The number of ether oxygens (including phenoxy) is 1. The number of hydrazone groups is 1. The molecule has 0 spiro atoms. The number of hydrogen-bond donors (Lipinski definition) is 0. The van der Waals surface area contributed by atoms with Gasteiger partial charge in [0.15, 0.2) is 0 Å². The smallest absolute Gasteiger partial charge is 0.257 e. The van der Waals surface area contributed by atoms with Crippen LogP contribution in [0.15, 0.2) is 47.6 Å². The second kappa shape index (κ2) is 8.66. The summed E-state index contributed by atoms with van der Waals surface area (Å²) in [5.41, 5.74) is 5.55. The number of hydrogen-bond acceptors (Lipinski definition) is 4. The summed E-state index contributed by atoms with van der Waals surface area (Å²) in [5, 5.41) is 7.14. The van der Waals surface area contributed by atoms with E-state index in [1.807, 2.05) is 24.3 Å². The number of rotatable bonds is 4. The highest BCUT2D eigenvalue weighted by molar-refractivity contribution is 6.30. The van der Waals surface area contributed by atoms with Crippen molar-refractivity contribution in [3.63, 3.8) is 0 Å².